The van der Waals surface area contributed by atoms with Crippen molar-refractivity contribution in [2.45, 2.75) is 6.92 Å². The summed E-state index contributed by atoms with van der Waals surface area (Å²) in [4.78, 5) is 37.6. The van der Waals surface area contributed by atoms with Crippen molar-refractivity contribution < 1.29 is 19.1 Å². The summed E-state index contributed by atoms with van der Waals surface area (Å²) in [6.07, 6.45) is -0.387. The second kappa shape index (κ2) is 7.57. The first-order valence-corrected chi connectivity index (χ1v) is 6.29. The smallest absolute Gasteiger partial charge is 0.409 e. The number of carbonyl (C=O) groups excluding carboxylic acids is 3. The Morgan fingerprint density at radius 2 is 1.74 bits per heavy atom. The summed E-state index contributed by atoms with van der Waals surface area (Å²) in [5.74, 6) is -1.24. The number of nitrogens with two attached hydrogens (primary N) is 1. The van der Waals surface area contributed by atoms with Crippen molar-refractivity contribution >= 4 is 17.9 Å². The molecule has 1 aliphatic heterocycles. The van der Waals surface area contributed by atoms with Crippen LogP contribution < -0.4 is 11.1 Å². The lowest BCUT2D eigenvalue weighted by Gasteiger charge is -2.33. The molecule has 0 aromatic carbocycles. The Morgan fingerprint density at radius 1 is 1.16 bits per heavy atom. The molecule has 0 spiro atoms. The lowest BCUT2D eigenvalue weighted by Crippen LogP contribution is -2.54. The number of nitrogens with one attached hydrogen (secondary N) is 1. The highest BCUT2D eigenvalue weighted by Gasteiger charge is 2.27. The number of nitrogens with zero attached hydrogens (tertiary/aromatic N) is 2. The molecule has 0 atom stereocenters. The fourth-order valence-corrected chi connectivity index (χ4v) is 1.71. The molecule has 108 valence electrons. The van der Waals surface area contributed by atoms with Crippen LogP contribution in [-0.4, -0.2) is 73.6 Å². The van der Waals surface area contributed by atoms with Gasteiger partial charge in [0.05, 0.1) is 6.61 Å². The van der Waals surface area contributed by atoms with Gasteiger partial charge in [-0.1, -0.05) is 0 Å². The molecular formula is C11H20N4O4. The molecular weight excluding hydrogens is 252 g/mol. The molecule has 0 aromatic rings. The molecule has 0 aromatic heterocycles. The fourth-order valence-electron chi connectivity index (χ4n) is 1.71. The summed E-state index contributed by atoms with van der Waals surface area (Å²) >= 11 is 0. The summed E-state index contributed by atoms with van der Waals surface area (Å²) < 4.78 is 4.87. The van der Waals surface area contributed by atoms with Gasteiger partial charge in [-0.15, -0.1) is 0 Å². The van der Waals surface area contributed by atoms with Crippen LogP contribution in [0.4, 0.5) is 4.79 Å². The zero-order valence-corrected chi connectivity index (χ0v) is 11.1. The van der Waals surface area contributed by atoms with Crippen LogP contribution in [0.25, 0.3) is 0 Å². The quantitative estimate of drug-likeness (QED) is 0.600. The molecule has 0 bridgehead atoms. The molecule has 0 unspecified atom stereocenters. The Labute approximate surface area is 111 Å². The van der Waals surface area contributed by atoms with E-state index in [1.165, 1.54) is 9.80 Å². The third-order valence-electron chi connectivity index (χ3n) is 2.72. The monoisotopic (exact) mass is 272 g/mol. The van der Waals surface area contributed by atoms with E-state index >= 15 is 0 Å². The van der Waals surface area contributed by atoms with Gasteiger partial charge in [0.15, 0.2) is 0 Å². The third-order valence-corrected chi connectivity index (χ3v) is 2.72. The van der Waals surface area contributed by atoms with Crippen molar-refractivity contribution in [3.63, 3.8) is 0 Å². The van der Waals surface area contributed by atoms with E-state index in [-0.39, 0.29) is 19.2 Å². The maximum atomic E-state index is 11.7. The van der Waals surface area contributed by atoms with E-state index in [4.69, 9.17) is 10.5 Å². The molecule has 8 heteroatoms. The predicted molar refractivity (Wildman–Crippen MR) is 67.2 cm³/mol. The van der Waals surface area contributed by atoms with E-state index < -0.39 is 11.8 Å². The highest BCUT2D eigenvalue weighted by molar-refractivity contribution is 6.35. The predicted octanol–water partition coefficient (Wildman–Crippen LogP) is -1.64. The van der Waals surface area contributed by atoms with Gasteiger partial charge in [0.2, 0.25) is 0 Å². The van der Waals surface area contributed by atoms with E-state index in [0.29, 0.717) is 32.8 Å². The van der Waals surface area contributed by atoms with Gasteiger partial charge >= 0.3 is 17.9 Å². The third kappa shape index (κ3) is 4.40. The van der Waals surface area contributed by atoms with Crippen LogP contribution in [0.15, 0.2) is 0 Å². The molecule has 19 heavy (non-hydrogen) atoms. The zero-order valence-electron chi connectivity index (χ0n) is 11.1. The van der Waals surface area contributed by atoms with Crippen LogP contribution >= 0.6 is 0 Å². The molecule has 1 heterocycles. The largest absolute Gasteiger partial charge is 0.450 e. The van der Waals surface area contributed by atoms with Crippen LogP contribution in [0.5, 0.6) is 0 Å². The lowest BCUT2D eigenvalue weighted by molar-refractivity contribution is -0.146. The van der Waals surface area contributed by atoms with Crippen molar-refractivity contribution in [1.29, 1.82) is 0 Å². The molecule has 8 nitrogen and oxygen atoms in total. The number of ether oxygens (including phenoxy) is 1. The minimum atomic E-state index is -0.657. The van der Waals surface area contributed by atoms with Crippen molar-refractivity contribution in [1.82, 2.24) is 15.1 Å². The Kier molecular flexibility index (Phi) is 6.07. The molecule has 1 rings (SSSR count). The van der Waals surface area contributed by atoms with Gasteiger partial charge in [0.25, 0.3) is 0 Å². The highest BCUT2D eigenvalue weighted by Crippen LogP contribution is 2.04. The van der Waals surface area contributed by atoms with E-state index in [9.17, 15) is 14.4 Å². The topological polar surface area (TPSA) is 105 Å². The Morgan fingerprint density at radius 3 is 2.26 bits per heavy atom. The molecule has 0 aliphatic carbocycles. The van der Waals surface area contributed by atoms with Gasteiger partial charge in [0, 0.05) is 39.3 Å². The molecule has 1 fully saturated rings. The van der Waals surface area contributed by atoms with Crippen LogP contribution in [0.3, 0.4) is 0 Å². The fraction of sp³-hybridized carbons (Fsp3) is 0.727. The maximum Gasteiger partial charge on any atom is 0.409 e. The molecule has 0 radical (unpaired) electrons. The summed E-state index contributed by atoms with van der Waals surface area (Å²) in [7, 11) is 0. The SMILES string of the molecule is CCOC(=O)N1CCN(C(=O)C(=O)NCCN)CC1. The number of carbonyl (C=O) groups is 3. The minimum absolute atomic E-state index is 0.271. The maximum absolute atomic E-state index is 11.7. The van der Waals surface area contributed by atoms with Crippen LogP contribution in [-0.2, 0) is 14.3 Å². The van der Waals surface area contributed by atoms with Crippen LogP contribution in [0.1, 0.15) is 6.92 Å². The van der Waals surface area contributed by atoms with E-state index in [1.54, 1.807) is 6.92 Å². The second-order valence-electron chi connectivity index (χ2n) is 4.02. The number of amides is 3. The minimum Gasteiger partial charge on any atom is -0.450 e. The van der Waals surface area contributed by atoms with Gasteiger partial charge < -0.3 is 25.6 Å². The molecule has 1 saturated heterocycles. The Bertz CT molecular complexity index is 340. The van der Waals surface area contributed by atoms with Gasteiger partial charge in [0.1, 0.15) is 0 Å². The number of rotatable bonds is 3. The van der Waals surface area contributed by atoms with Crippen molar-refractivity contribution in [3.8, 4) is 0 Å². The van der Waals surface area contributed by atoms with E-state index in [2.05, 4.69) is 5.32 Å². The van der Waals surface area contributed by atoms with Crippen molar-refractivity contribution in [2.75, 3.05) is 45.9 Å². The Hall–Kier alpha value is -1.83. The molecule has 1 aliphatic rings. The summed E-state index contributed by atoms with van der Waals surface area (Å²) in [5.41, 5.74) is 5.24. The first-order chi connectivity index (χ1) is 9.10. The van der Waals surface area contributed by atoms with Crippen molar-refractivity contribution in [3.05, 3.63) is 0 Å². The molecule has 0 saturated carbocycles. The molecule has 3 N–H and O–H groups in total. The number of hydrogen-bond donors (Lipinski definition) is 2. The first kappa shape index (κ1) is 15.2. The van der Waals surface area contributed by atoms with E-state index in [0.717, 1.165) is 0 Å². The van der Waals surface area contributed by atoms with Crippen LogP contribution in [0.2, 0.25) is 0 Å². The summed E-state index contributed by atoms with van der Waals surface area (Å²) in [6.45, 7) is 4.01. The first-order valence-electron chi connectivity index (χ1n) is 6.29. The standard InChI is InChI=1S/C11H20N4O4/c1-2-19-11(18)15-7-5-14(6-8-15)10(17)9(16)13-4-3-12/h2-8,12H2,1H3,(H,13,16). The van der Waals surface area contributed by atoms with Crippen LogP contribution in [0, 0.1) is 0 Å². The average molecular weight is 272 g/mol. The van der Waals surface area contributed by atoms with E-state index in [1.807, 2.05) is 0 Å². The summed E-state index contributed by atoms with van der Waals surface area (Å²) in [5, 5.41) is 2.42. The lowest BCUT2D eigenvalue weighted by atomic mass is 10.3. The Balaban J connectivity index is 2.38. The van der Waals surface area contributed by atoms with Crippen molar-refractivity contribution in [2.24, 2.45) is 5.73 Å². The van der Waals surface area contributed by atoms with Gasteiger partial charge in [-0.2, -0.15) is 0 Å². The number of hydrogen-bond acceptors (Lipinski definition) is 5. The molecule has 3 amide bonds. The zero-order chi connectivity index (χ0) is 14.3. The summed E-state index contributed by atoms with van der Waals surface area (Å²) in [6, 6.07) is 0. The van der Waals surface area contributed by atoms with Gasteiger partial charge in [-0.3, -0.25) is 9.59 Å². The number of piperazine rings is 1. The second-order valence-corrected chi connectivity index (χ2v) is 4.02. The normalized spacial score (nSPS) is 15.1. The average Bonchev–Trinajstić information content (AvgIpc) is 2.44. The highest BCUT2D eigenvalue weighted by atomic mass is 16.6. The van der Waals surface area contributed by atoms with Gasteiger partial charge in [-0.05, 0) is 6.92 Å². The van der Waals surface area contributed by atoms with Gasteiger partial charge in [-0.25, -0.2) is 4.79 Å².